The summed E-state index contributed by atoms with van der Waals surface area (Å²) in [6.45, 7) is 12.3. The number of hydrogen-bond donors (Lipinski definition) is 2. The molecule has 2 N–H and O–H groups in total. The van der Waals surface area contributed by atoms with Crippen molar-refractivity contribution in [3.63, 3.8) is 0 Å². The second-order valence-electron chi connectivity index (χ2n) is 12.0. The molecule has 2 heteroatoms. The molecule has 2 nitrogen and oxygen atoms in total. The van der Waals surface area contributed by atoms with Gasteiger partial charge < -0.3 is 10.2 Å². The Labute approximate surface area is 249 Å². The van der Waals surface area contributed by atoms with E-state index in [4.69, 9.17) is 0 Å². The number of fused-ring (bicyclic) bond motifs is 3. The van der Waals surface area contributed by atoms with Gasteiger partial charge in [0, 0.05) is 11.1 Å². The molecule has 0 heterocycles. The van der Waals surface area contributed by atoms with Crippen LogP contribution in [0.4, 0.5) is 0 Å². The van der Waals surface area contributed by atoms with Gasteiger partial charge in [0.1, 0.15) is 11.2 Å². The molecular weight excluding hydrogens is 512 g/mol. The Hall–Kier alpha value is -4.24. The lowest BCUT2D eigenvalue weighted by Gasteiger charge is -2.48. The van der Waals surface area contributed by atoms with Crippen molar-refractivity contribution >= 4 is 10.8 Å². The Kier molecular flexibility index (Phi) is 6.80. The van der Waals surface area contributed by atoms with Gasteiger partial charge in [-0.15, -0.1) is 0 Å². The van der Waals surface area contributed by atoms with Crippen LogP contribution >= 0.6 is 0 Å². The van der Waals surface area contributed by atoms with Crippen LogP contribution in [0.1, 0.15) is 63.8 Å². The number of aliphatic hydroxyl groups is 2. The number of hydrogen-bond acceptors (Lipinski definition) is 2. The van der Waals surface area contributed by atoms with Crippen molar-refractivity contribution in [1.82, 2.24) is 0 Å². The molecule has 6 rings (SSSR count). The van der Waals surface area contributed by atoms with Crippen LogP contribution in [0.15, 0.2) is 131 Å². The van der Waals surface area contributed by atoms with E-state index in [1.165, 1.54) is 0 Å². The van der Waals surface area contributed by atoms with E-state index in [2.05, 4.69) is 76.2 Å². The summed E-state index contributed by atoms with van der Waals surface area (Å²) < 4.78 is 0. The summed E-state index contributed by atoms with van der Waals surface area (Å²) in [6, 6.07) is 36.9. The molecule has 1 aliphatic carbocycles. The zero-order chi connectivity index (χ0) is 29.8. The largest absolute Gasteiger partial charge is 0.376 e. The SMILES string of the molecule is CC(C)=C(C)C1(O)c2ccccc2C(O)(C(C)=C(C)C)c2c1c(-c1ccccc1)c1ccccc1c2-c1ccccc1. The van der Waals surface area contributed by atoms with Gasteiger partial charge in [0.25, 0.3) is 0 Å². The van der Waals surface area contributed by atoms with E-state index in [9.17, 15) is 10.2 Å². The van der Waals surface area contributed by atoms with Gasteiger partial charge in [-0.2, -0.15) is 0 Å². The molecule has 1 aliphatic rings. The molecule has 5 aromatic rings. The highest BCUT2D eigenvalue weighted by atomic mass is 16.3. The summed E-state index contributed by atoms with van der Waals surface area (Å²) in [7, 11) is 0. The zero-order valence-electron chi connectivity index (χ0n) is 25.3. The summed E-state index contributed by atoms with van der Waals surface area (Å²) in [5.41, 5.74) is 7.62. The highest BCUT2D eigenvalue weighted by Gasteiger charge is 2.54. The average molecular weight is 551 g/mol. The van der Waals surface area contributed by atoms with Crippen molar-refractivity contribution in [3.05, 3.63) is 154 Å². The van der Waals surface area contributed by atoms with Crippen LogP contribution in [0.3, 0.4) is 0 Å². The van der Waals surface area contributed by atoms with Crippen molar-refractivity contribution in [2.24, 2.45) is 0 Å². The Morgan fingerprint density at radius 2 is 0.738 bits per heavy atom. The molecular formula is C40H38O2. The molecule has 0 bridgehead atoms. The topological polar surface area (TPSA) is 40.5 Å². The number of benzene rings is 5. The maximum absolute atomic E-state index is 13.5. The van der Waals surface area contributed by atoms with E-state index in [0.29, 0.717) is 11.1 Å². The van der Waals surface area contributed by atoms with Crippen LogP contribution in [0, 0.1) is 0 Å². The van der Waals surface area contributed by atoms with Crippen LogP contribution in [-0.4, -0.2) is 10.2 Å². The summed E-state index contributed by atoms with van der Waals surface area (Å²) in [6.07, 6.45) is 0. The van der Waals surface area contributed by atoms with Gasteiger partial charge in [-0.3, -0.25) is 0 Å². The van der Waals surface area contributed by atoms with Crippen LogP contribution in [0.5, 0.6) is 0 Å². The molecule has 0 fully saturated rings. The first-order chi connectivity index (χ1) is 20.1. The van der Waals surface area contributed by atoms with Gasteiger partial charge in [-0.05, 0) is 96.8 Å². The molecule has 0 saturated carbocycles. The van der Waals surface area contributed by atoms with Gasteiger partial charge in [-0.25, -0.2) is 0 Å². The van der Waals surface area contributed by atoms with Gasteiger partial charge in [-0.1, -0.05) is 120 Å². The van der Waals surface area contributed by atoms with Crippen molar-refractivity contribution in [2.75, 3.05) is 0 Å². The fourth-order valence-corrected chi connectivity index (χ4v) is 6.86. The molecule has 210 valence electrons. The lowest BCUT2D eigenvalue weighted by atomic mass is 9.59. The van der Waals surface area contributed by atoms with Gasteiger partial charge in [0.15, 0.2) is 0 Å². The van der Waals surface area contributed by atoms with E-state index in [1.54, 1.807) is 0 Å². The average Bonchev–Trinajstić information content (AvgIpc) is 3.02. The first-order valence-electron chi connectivity index (χ1n) is 14.7. The van der Waals surface area contributed by atoms with Gasteiger partial charge >= 0.3 is 0 Å². The third-order valence-electron chi connectivity index (χ3n) is 9.36. The molecule has 0 amide bonds. The Morgan fingerprint density at radius 1 is 0.429 bits per heavy atom. The minimum atomic E-state index is -1.49. The van der Waals surface area contributed by atoms with E-state index >= 15 is 0 Å². The fraction of sp³-hybridized carbons (Fsp3) is 0.200. The second-order valence-corrected chi connectivity index (χ2v) is 12.0. The monoisotopic (exact) mass is 550 g/mol. The zero-order valence-corrected chi connectivity index (χ0v) is 25.3. The third-order valence-corrected chi connectivity index (χ3v) is 9.36. The molecule has 0 aliphatic heterocycles. The van der Waals surface area contributed by atoms with Crippen molar-refractivity contribution in [2.45, 2.75) is 52.7 Å². The molecule has 0 radical (unpaired) electrons. The van der Waals surface area contributed by atoms with Crippen molar-refractivity contribution in [3.8, 4) is 22.3 Å². The Bertz CT molecular complexity index is 1750. The molecule has 0 saturated heterocycles. The highest BCUT2D eigenvalue weighted by Crippen LogP contribution is 2.60. The molecule has 0 spiro atoms. The summed E-state index contributed by atoms with van der Waals surface area (Å²) in [4.78, 5) is 0. The van der Waals surface area contributed by atoms with E-state index < -0.39 is 11.2 Å². The van der Waals surface area contributed by atoms with Crippen molar-refractivity contribution < 1.29 is 10.2 Å². The standard InChI is InChI=1S/C40H38O2/c1-25(2)27(5)39(41)33-23-15-16-24-34(33)40(42,28(6)26(3)4)38-36(30-19-11-8-12-20-30)32-22-14-13-21-31(32)35(37(38)39)29-17-9-7-10-18-29/h7-24,41-42H,1-6H3. The van der Waals surface area contributed by atoms with Gasteiger partial charge in [0.05, 0.1) is 0 Å². The lowest BCUT2D eigenvalue weighted by Crippen LogP contribution is -2.45. The van der Waals surface area contributed by atoms with E-state index in [1.807, 2.05) is 74.5 Å². The number of rotatable bonds is 4. The smallest absolute Gasteiger partial charge is 0.137 e. The summed E-state index contributed by atoms with van der Waals surface area (Å²) in [5.74, 6) is 0. The normalized spacial score (nSPS) is 19.1. The van der Waals surface area contributed by atoms with Crippen LogP contribution < -0.4 is 0 Å². The molecule has 42 heavy (non-hydrogen) atoms. The van der Waals surface area contributed by atoms with Crippen LogP contribution in [0.2, 0.25) is 0 Å². The molecule has 2 atom stereocenters. The Morgan fingerprint density at radius 3 is 1.07 bits per heavy atom. The summed E-state index contributed by atoms with van der Waals surface area (Å²) >= 11 is 0. The third kappa shape index (κ3) is 3.86. The maximum atomic E-state index is 13.5. The van der Waals surface area contributed by atoms with Crippen molar-refractivity contribution in [1.29, 1.82) is 0 Å². The summed E-state index contributed by atoms with van der Waals surface area (Å²) in [5, 5.41) is 29.0. The maximum Gasteiger partial charge on any atom is 0.137 e. The quantitative estimate of drug-likeness (QED) is 0.219. The van der Waals surface area contributed by atoms with E-state index in [-0.39, 0.29) is 0 Å². The molecule has 2 unspecified atom stereocenters. The van der Waals surface area contributed by atoms with Crippen LogP contribution in [0.25, 0.3) is 33.0 Å². The molecule has 5 aromatic carbocycles. The first kappa shape index (κ1) is 27.9. The minimum absolute atomic E-state index is 0.714. The van der Waals surface area contributed by atoms with Crippen LogP contribution in [-0.2, 0) is 11.2 Å². The Balaban J connectivity index is 2.02. The predicted molar refractivity (Wildman–Crippen MR) is 175 cm³/mol. The molecule has 0 aromatic heterocycles. The second kappa shape index (κ2) is 10.2. The number of allylic oxidation sites excluding steroid dienone is 2. The minimum Gasteiger partial charge on any atom is -0.376 e. The van der Waals surface area contributed by atoms with Gasteiger partial charge in [0.2, 0.25) is 0 Å². The highest BCUT2D eigenvalue weighted by molar-refractivity contribution is 6.09. The lowest BCUT2D eigenvalue weighted by molar-refractivity contribution is 0.0702. The fourth-order valence-electron chi connectivity index (χ4n) is 6.86. The van der Waals surface area contributed by atoms with E-state index in [0.717, 1.165) is 66.4 Å². The first-order valence-corrected chi connectivity index (χ1v) is 14.7. The predicted octanol–water partition coefficient (Wildman–Crippen LogP) is 9.67.